The van der Waals surface area contributed by atoms with Crippen molar-refractivity contribution in [3.63, 3.8) is 0 Å². The molecule has 1 saturated heterocycles. The minimum Gasteiger partial charge on any atom is -0.341 e. The van der Waals surface area contributed by atoms with E-state index >= 15 is 0 Å². The molecule has 1 aromatic heterocycles. The molecule has 0 atom stereocenters. The highest BCUT2D eigenvalue weighted by Crippen LogP contribution is 2.08. The molecule has 2 heterocycles. The van der Waals surface area contributed by atoms with E-state index in [4.69, 9.17) is 0 Å². The second-order valence-corrected chi connectivity index (χ2v) is 4.44. The molecule has 0 bridgehead atoms. The summed E-state index contributed by atoms with van der Waals surface area (Å²) in [4.78, 5) is 29.4. The van der Waals surface area contributed by atoms with E-state index in [9.17, 15) is 9.59 Å². The molecular weight excluding hydrogens is 218 g/mol. The Balaban J connectivity index is 2.04. The van der Waals surface area contributed by atoms with Crippen LogP contribution < -0.4 is 5.56 Å². The molecule has 1 aromatic rings. The van der Waals surface area contributed by atoms with Gasteiger partial charge in [0.05, 0.1) is 6.33 Å². The lowest BCUT2D eigenvalue weighted by molar-refractivity contribution is -0.132. The Bertz CT molecular complexity index is 461. The van der Waals surface area contributed by atoms with Gasteiger partial charge < -0.3 is 4.90 Å². The van der Waals surface area contributed by atoms with E-state index in [1.54, 1.807) is 6.92 Å². The molecule has 0 spiro atoms. The van der Waals surface area contributed by atoms with Crippen LogP contribution in [0.4, 0.5) is 0 Å². The molecule has 2 rings (SSSR count). The SMILES string of the molecule is Cc1cc(=O)n(CC(=O)N2CCCCC2)cn1. The third kappa shape index (κ3) is 2.93. The van der Waals surface area contributed by atoms with Crippen LogP contribution in [0.25, 0.3) is 0 Å². The van der Waals surface area contributed by atoms with E-state index in [0.29, 0.717) is 5.69 Å². The molecule has 1 amide bonds. The molecule has 0 saturated carbocycles. The van der Waals surface area contributed by atoms with Crippen LogP contribution >= 0.6 is 0 Å². The largest absolute Gasteiger partial charge is 0.341 e. The molecule has 5 heteroatoms. The average Bonchev–Trinajstić information content (AvgIpc) is 2.34. The average molecular weight is 235 g/mol. The molecule has 17 heavy (non-hydrogen) atoms. The molecule has 0 aromatic carbocycles. The minimum atomic E-state index is -0.164. The maximum Gasteiger partial charge on any atom is 0.253 e. The third-order valence-corrected chi connectivity index (χ3v) is 3.03. The third-order valence-electron chi connectivity index (χ3n) is 3.03. The van der Waals surface area contributed by atoms with Gasteiger partial charge in [0.2, 0.25) is 5.91 Å². The van der Waals surface area contributed by atoms with E-state index in [1.165, 1.54) is 23.4 Å². The number of piperidine rings is 1. The van der Waals surface area contributed by atoms with Crippen molar-refractivity contribution < 1.29 is 4.79 Å². The molecule has 5 nitrogen and oxygen atoms in total. The normalized spacial score (nSPS) is 15.9. The lowest BCUT2D eigenvalue weighted by Crippen LogP contribution is -2.39. The fourth-order valence-electron chi connectivity index (χ4n) is 2.02. The summed E-state index contributed by atoms with van der Waals surface area (Å²) in [6, 6.07) is 1.45. The smallest absolute Gasteiger partial charge is 0.253 e. The molecule has 1 aliphatic heterocycles. The van der Waals surface area contributed by atoms with E-state index in [2.05, 4.69) is 4.98 Å². The Kier molecular flexibility index (Phi) is 3.56. The summed E-state index contributed by atoms with van der Waals surface area (Å²) in [5.74, 6) is 0.0115. The van der Waals surface area contributed by atoms with Gasteiger partial charge in [0.25, 0.3) is 5.56 Å². The maximum atomic E-state index is 11.9. The maximum absolute atomic E-state index is 11.9. The highest BCUT2D eigenvalue weighted by Gasteiger charge is 2.16. The minimum absolute atomic E-state index is 0.0115. The Labute approximate surface area is 100 Å². The van der Waals surface area contributed by atoms with Crippen LogP contribution in [0.3, 0.4) is 0 Å². The Morgan fingerprint density at radius 1 is 1.35 bits per heavy atom. The first-order valence-corrected chi connectivity index (χ1v) is 5.98. The van der Waals surface area contributed by atoms with Crippen molar-refractivity contribution in [2.24, 2.45) is 0 Å². The quantitative estimate of drug-likeness (QED) is 0.752. The van der Waals surface area contributed by atoms with E-state index in [1.807, 2.05) is 4.90 Å². The van der Waals surface area contributed by atoms with Crippen LogP contribution in [0, 0.1) is 6.92 Å². The van der Waals surface area contributed by atoms with Crippen LogP contribution in [-0.2, 0) is 11.3 Å². The van der Waals surface area contributed by atoms with Gasteiger partial charge in [-0.2, -0.15) is 0 Å². The van der Waals surface area contributed by atoms with Crippen molar-refractivity contribution in [3.8, 4) is 0 Å². The van der Waals surface area contributed by atoms with E-state index in [0.717, 1.165) is 25.9 Å². The van der Waals surface area contributed by atoms with Gasteiger partial charge in [-0.1, -0.05) is 0 Å². The van der Waals surface area contributed by atoms with Gasteiger partial charge in [-0.25, -0.2) is 4.98 Å². The van der Waals surface area contributed by atoms with Gasteiger partial charge in [0.15, 0.2) is 0 Å². The van der Waals surface area contributed by atoms with Crippen LogP contribution in [0.1, 0.15) is 25.0 Å². The highest BCUT2D eigenvalue weighted by atomic mass is 16.2. The Hall–Kier alpha value is -1.65. The van der Waals surface area contributed by atoms with Crippen molar-refractivity contribution in [1.82, 2.24) is 14.5 Å². The molecule has 0 radical (unpaired) electrons. The molecule has 0 unspecified atom stereocenters. The number of amides is 1. The standard InChI is InChI=1S/C12H17N3O2/c1-10-7-11(16)15(9-13-10)8-12(17)14-5-3-2-4-6-14/h7,9H,2-6,8H2,1H3. The predicted molar refractivity (Wildman–Crippen MR) is 63.7 cm³/mol. The summed E-state index contributed by atoms with van der Waals surface area (Å²) >= 11 is 0. The number of aromatic nitrogens is 2. The summed E-state index contributed by atoms with van der Waals surface area (Å²) in [6.07, 6.45) is 4.76. The summed E-state index contributed by atoms with van der Waals surface area (Å²) in [5, 5.41) is 0. The lowest BCUT2D eigenvalue weighted by Gasteiger charge is -2.26. The Morgan fingerprint density at radius 2 is 2.06 bits per heavy atom. The number of rotatable bonds is 2. The summed E-state index contributed by atoms with van der Waals surface area (Å²) in [7, 11) is 0. The molecule has 0 aliphatic carbocycles. The van der Waals surface area contributed by atoms with Crippen molar-refractivity contribution >= 4 is 5.91 Å². The fourth-order valence-corrected chi connectivity index (χ4v) is 2.02. The van der Waals surface area contributed by atoms with Gasteiger partial charge >= 0.3 is 0 Å². The van der Waals surface area contributed by atoms with Gasteiger partial charge in [0, 0.05) is 24.8 Å². The van der Waals surface area contributed by atoms with Crippen molar-refractivity contribution in [2.45, 2.75) is 32.7 Å². The van der Waals surface area contributed by atoms with Crippen molar-refractivity contribution in [2.75, 3.05) is 13.1 Å². The number of nitrogens with zero attached hydrogens (tertiary/aromatic N) is 3. The topological polar surface area (TPSA) is 55.2 Å². The molecule has 1 aliphatic rings. The van der Waals surface area contributed by atoms with Crippen LogP contribution in [0.2, 0.25) is 0 Å². The molecule has 1 fully saturated rings. The van der Waals surface area contributed by atoms with Crippen molar-refractivity contribution in [1.29, 1.82) is 0 Å². The predicted octanol–water partition coefficient (Wildman–Crippen LogP) is 0.564. The second kappa shape index (κ2) is 5.12. The molecule has 92 valence electrons. The second-order valence-electron chi connectivity index (χ2n) is 4.44. The Morgan fingerprint density at radius 3 is 2.71 bits per heavy atom. The molecular formula is C12H17N3O2. The zero-order valence-corrected chi connectivity index (χ0v) is 10.1. The number of likely N-dealkylation sites (tertiary alicyclic amines) is 1. The van der Waals surface area contributed by atoms with Gasteiger partial charge in [0.1, 0.15) is 6.54 Å². The van der Waals surface area contributed by atoms with Crippen molar-refractivity contribution in [3.05, 3.63) is 28.4 Å². The van der Waals surface area contributed by atoms with E-state index < -0.39 is 0 Å². The molecule has 0 N–H and O–H groups in total. The number of carbonyl (C=O) groups is 1. The number of carbonyl (C=O) groups excluding carboxylic acids is 1. The summed E-state index contributed by atoms with van der Waals surface area (Å²) in [5.41, 5.74) is 0.513. The first-order chi connectivity index (χ1) is 8.16. The van der Waals surface area contributed by atoms with Gasteiger partial charge in [-0.15, -0.1) is 0 Å². The monoisotopic (exact) mass is 235 g/mol. The fraction of sp³-hybridized carbons (Fsp3) is 0.583. The summed E-state index contributed by atoms with van der Waals surface area (Å²) in [6.45, 7) is 3.49. The zero-order valence-electron chi connectivity index (χ0n) is 10.1. The first kappa shape index (κ1) is 11.8. The van der Waals surface area contributed by atoms with E-state index in [-0.39, 0.29) is 18.0 Å². The van der Waals surface area contributed by atoms with Crippen LogP contribution in [0.5, 0.6) is 0 Å². The van der Waals surface area contributed by atoms with Crippen LogP contribution in [-0.4, -0.2) is 33.4 Å². The lowest BCUT2D eigenvalue weighted by atomic mass is 10.1. The number of hydrogen-bond acceptors (Lipinski definition) is 3. The van der Waals surface area contributed by atoms with Gasteiger partial charge in [-0.3, -0.25) is 14.2 Å². The highest BCUT2D eigenvalue weighted by molar-refractivity contribution is 5.76. The summed E-state index contributed by atoms with van der Waals surface area (Å²) < 4.78 is 1.37. The number of aryl methyl sites for hydroxylation is 1. The number of hydrogen-bond donors (Lipinski definition) is 0. The first-order valence-electron chi connectivity index (χ1n) is 5.98. The van der Waals surface area contributed by atoms with Crippen LogP contribution in [0.15, 0.2) is 17.2 Å². The zero-order chi connectivity index (χ0) is 12.3. The van der Waals surface area contributed by atoms with Gasteiger partial charge in [-0.05, 0) is 26.2 Å².